The SMILES string of the molecule is Cc1ccccc1C(=O)Nc1c2c(nn1-c1ccc([N+](=O)[O-])cc1)CS(=O)(=O)C2. The quantitative estimate of drug-likeness (QED) is 0.519. The van der Waals surface area contributed by atoms with Crippen molar-refractivity contribution < 1.29 is 18.1 Å². The number of amides is 1. The fourth-order valence-electron chi connectivity index (χ4n) is 3.28. The van der Waals surface area contributed by atoms with Crippen LogP contribution in [0.2, 0.25) is 0 Å². The van der Waals surface area contributed by atoms with E-state index in [0.29, 0.717) is 22.5 Å². The molecule has 0 radical (unpaired) electrons. The number of nitrogens with zero attached hydrogens (tertiary/aromatic N) is 3. The van der Waals surface area contributed by atoms with Crippen molar-refractivity contribution in [2.24, 2.45) is 0 Å². The van der Waals surface area contributed by atoms with Gasteiger partial charge < -0.3 is 5.32 Å². The fraction of sp³-hybridized carbons (Fsp3) is 0.158. The second-order valence-corrected chi connectivity index (χ2v) is 8.82. The van der Waals surface area contributed by atoms with E-state index in [1.54, 1.807) is 25.1 Å². The summed E-state index contributed by atoms with van der Waals surface area (Å²) in [6, 6.07) is 12.7. The standard InChI is InChI=1S/C19H16N4O5S/c1-12-4-2-3-5-15(12)19(24)20-18-16-10-29(27,28)11-17(16)21-22(18)13-6-8-14(9-7-13)23(25)26/h2-9H,10-11H2,1H3,(H,20,24). The lowest BCUT2D eigenvalue weighted by Gasteiger charge is -2.12. The van der Waals surface area contributed by atoms with Gasteiger partial charge in [0.1, 0.15) is 5.82 Å². The Labute approximate surface area is 166 Å². The highest BCUT2D eigenvalue weighted by molar-refractivity contribution is 7.90. The molecule has 2 aromatic carbocycles. The van der Waals surface area contributed by atoms with Crippen molar-refractivity contribution >= 4 is 27.2 Å². The zero-order valence-corrected chi connectivity index (χ0v) is 16.1. The molecule has 1 amide bonds. The van der Waals surface area contributed by atoms with Crippen molar-refractivity contribution in [2.45, 2.75) is 18.4 Å². The molecule has 148 valence electrons. The van der Waals surface area contributed by atoms with Crippen LogP contribution in [0, 0.1) is 17.0 Å². The van der Waals surface area contributed by atoms with E-state index in [4.69, 9.17) is 0 Å². The summed E-state index contributed by atoms with van der Waals surface area (Å²) in [6.45, 7) is 1.80. The third kappa shape index (κ3) is 3.49. The van der Waals surface area contributed by atoms with Crippen molar-refractivity contribution in [1.82, 2.24) is 9.78 Å². The molecule has 1 aromatic heterocycles. The monoisotopic (exact) mass is 412 g/mol. The summed E-state index contributed by atoms with van der Waals surface area (Å²) in [5, 5.41) is 18.0. The number of carbonyl (C=O) groups is 1. The lowest BCUT2D eigenvalue weighted by atomic mass is 10.1. The maximum atomic E-state index is 12.8. The molecule has 0 fully saturated rings. The van der Waals surface area contributed by atoms with Gasteiger partial charge in [-0.1, -0.05) is 18.2 Å². The topological polar surface area (TPSA) is 124 Å². The Balaban J connectivity index is 1.78. The molecule has 2 heterocycles. The van der Waals surface area contributed by atoms with Crippen LogP contribution in [0.4, 0.5) is 11.5 Å². The number of rotatable bonds is 4. The fourth-order valence-corrected chi connectivity index (χ4v) is 4.77. The number of nitro groups is 1. The highest BCUT2D eigenvalue weighted by atomic mass is 32.2. The van der Waals surface area contributed by atoms with Gasteiger partial charge in [-0.15, -0.1) is 0 Å². The second kappa shape index (κ2) is 6.82. The predicted octanol–water partition coefficient (Wildman–Crippen LogP) is 2.77. The number of aromatic nitrogens is 2. The Kier molecular flexibility index (Phi) is 4.42. The van der Waals surface area contributed by atoms with Crippen LogP contribution in [-0.4, -0.2) is 29.0 Å². The van der Waals surface area contributed by atoms with Crippen molar-refractivity contribution in [3.8, 4) is 5.69 Å². The number of aryl methyl sites for hydroxylation is 1. The van der Waals surface area contributed by atoms with E-state index in [0.717, 1.165) is 5.56 Å². The molecule has 0 atom stereocenters. The van der Waals surface area contributed by atoms with E-state index >= 15 is 0 Å². The Morgan fingerprint density at radius 3 is 2.48 bits per heavy atom. The maximum Gasteiger partial charge on any atom is 0.269 e. The summed E-state index contributed by atoms with van der Waals surface area (Å²) >= 11 is 0. The molecule has 0 saturated carbocycles. The van der Waals surface area contributed by atoms with Gasteiger partial charge in [-0.3, -0.25) is 14.9 Å². The molecule has 0 aliphatic carbocycles. The molecule has 0 spiro atoms. The number of nitro benzene ring substituents is 1. The molecule has 1 aliphatic rings. The number of non-ortho nitro benzene ring substituents is 1. The number of hydrogen-bond donors (Lipinski definition) is 1. The number of hydrogen-bond acceptors (Lipinski definition) is 6. The molecule has 0 bridgehead atoms. The van der Waals surface area contributed by atoms with E-state index in [9.17, 15) is 23.3 Å². The van der Waals surface area contributed by atoms with Gasteiger partial charge in [0.15, 0.2) is 9.84 Å². The van der Waals surface area contributed by atoms with E-state index in [2.05, 4.69) is 10.4 Å². The number of fused-ring (bicyclic) bond motifs is 1. The number of anilines is 1. The molecule has 29 heavy (non-hydrogen) atoms. The first-order chi connectivity index (χ1) is 13.7. The third-order valence-electron chi connectivity index (χ3n) is 4.71. The predicted molar refractivity (Wildman–Crippen MR) is 106 cm³/mol. The van der Waals surface area contributed by atoms with Crippen LogP contribution in [-0.2, 0) is 21.3 Å². The normalized spacial score (nSPS) is 14.4. The molecule has 0 unspecified atom stereocenters. The lowest BCUT2D eigenvalue weighted by Crippen LogP contribution is -2.17. The van der Waals surface area contributed by atoms with Crippen LogP contribution in [0.3, 0.4) is 0 Å². The first-order valence-electron chi connectivity index (χ1n) is 8.68. The highest BCUT2D eigenvalue weighted by Crippen LogP contribution is 2.33. The minimum atomic E-state index is -3.33. The Morgan fingerprint density at radius 1 is 1.14 bits per heavy atom. The smallest absolute Gasteiger partial charge is 0.269 e. The molecular formula is C19H16N4O5S. The first kappa shape index (κ1) is 18.8. The largest absolute Gasteiger partial charge is 0.306 e. The summed E-state index contributed by atoms with van der Waals surface area (Å²) in [5.41, 5.74) is 2.42. The number of benzene rings is 2. The summed E-state index contributed by atoms with van der Waals surface area (Å²) in [7, 11) is -3.33. The maximum absolute atomic E-state index is 12.8. The van der Waals surface area contributed by atoms with Crippen molar-refractivity contribution in [3.63, 3.8) is 0 Å². The van der Waals surface area contributed by atoms with E-state index in [1.165, 1.54) is 28.9 Å². The molecule has 0 saturated heterocycles. The first-order valence-corrected chi connectivity index (χ1v) is 10.5. The van der Waals surface area contributed by atoms with Gasteiger partial charge in [0, 0.05) is 23.3 Å². The van der Waals surface area contributed by atoms with Gasteiger partial charge in [-0.2, -0.15) is 5.10 Å². The molecular weight excluding hydrogens is 396 g/mol. The van der Waals surface area contributed by atoms with Crippen molar-refractivity contribution in [3.05, 3.63) is 81.0 Å². The number of nitrogens with one attached hydrogen (secondary N) is 1. The van der Waals surface area contributed by atoms with E-state index in [1.807, 2.05) is 6.07 Å². The summed E-state index contributed by atoms with van der Waals surface area (Å²) in [6.07, 6.45) is 0. The second-order valence-electron chi connectivity index (χ2n) is 6.76. The summed E-state index contributed by atoms with van der Waals surface area (Å²) in [4.78, 5) is 23.2. The van der Waals surface area contributed by atoms with Crippen LogP contribution in [0.15, 0.2) is 48.5 Å². The molecule has 1 aliphatic heterocycles. The average Bonchev–Trinajstić information content (AvgIpc) is 3.14. The molecule has 4 rings (SSSR count). The Hall–Kier alpha value is -3.53. The van der Waals surface area contributed by atoms with Gasteiger partial charge >= 0.3 is 0 Å². The molecule has 3 aromatic rings. The molecule has 10 heteroatoms. The zero-order chi connectivity index (χ0) is 20.8. The molecule has 9 nitrogen and oxygen atoms in total. The Morgan fingerprint density at radius 2 is 1.83 bits per heavy atom. The minimum Gasteiger partial charge on any atom is -0.306 e. The third-order valence-corrected chi connectivity index (χ3v) is 6.16. The van der Waals surface area contributed by atoms with Crippen LogP contribution in [0.25, 0.3) is 5.69 Å². The van der Waals surface area contributed by atoms with Gasteiger partial charge in [0.25, 0.3) is 11.6 Å². The van der Waals surface area contributed by atoms with E-state index in [-0.39, 0.29) is 23.0 Å². The van der Waals surface area contributed by atoms with Crippen molar-refractivity contribution in [1.29, 1.82) is 0 Å². The van der Waals surface area contributed by atoms with Gasteiger partial charge in [-0.05, 0) is 30.7 Å². The van der Waals surface area contributed by atoms with Gasteiger partial charge in [0.2, 0.25) is 0 Å². The number of sulfone groups is 1. The van der Waals surface area contributed by atoms with Crippen LogP contribution < -0.4 is 5.32 Å². The van der Waals surface area contributed by atoms with Crippen LogP contribution in [0.5, 0.6) is 0 Å². The molecule has 1 N–H and O–H groups in total. The van der Waals surface area contributed by atoms with Gasteiger partial charge in [0.05, 0.1) is 27.8 Å². The zero-order valence-electron chi connectivity index (χ0n) is 15.3. The van der Waals surface area contributed by atoms with Crippen molar-refractivity contribution in [2.75, 3.05) is 5.32 Å². The van der Waals surface area contributed by atoms with Gasteiger partial charge in [-0.25, -0.2) is 13.1 Å². The minimum absolute atomic E-state index is 0.0819. The summed E-state index contributed by atoms with van der Waals surface area (Å²) in [5.74, 6) is -0.574. The van der Waals surface area contributed by atoms with E-state index < -0.39 is 20.7 Å². The average molecular weight is 412 g/mol. The Bertz CT molecular complexity index is 1250. The number of carbonyl (C=O) groups excluding carboxylic acids is 1. The summed E-state index contributed by atoms with van der Waals surface area (Å²) < 4.78 is 25.5. The lowest BCUT2D eigenvalue weighted by molar-refractivity contribution is -0.384. The highest BCUT2D eigenvalue weighted by Gasteiger charge is 2.33. The van der Waals surface area contributed by atoms with Crippen LogP contribution in [0.1, 0.15) is 27.2 Å². The van der Waals surface area contributed by atoms with Crippen LogP contribution >= 0.6 is 0 Å².